The second-order valence-electron chi connectivity index (χ2n) is 10.5. The molecule has 10 heteroatoms. The Labute approximate surface area is 208 Å². The maximum atomic E-state index is 13.3. The van der Waals surface area contributed by atoms with E-state index in [1.54, 1.807) is 41.5 Å². The third kappa shape index (κ3) is 9.49. The largest absolute Gasteiger partial charge is 0.458 e. The van der Waals surface area contributed by atoms with Gasteiger partial charge in [0.05, 0.1) is 12.0 Å². The Morgan fingerprint density at radius 3 is 2.09 bits per heavy atom. The summed E-state index contributed by atoms with van der Waals surface area (Å²) in [7, 11) is 1.37. The molecule has 1 N–H and O–H groups in total. The van der Waals surface area contributed by atoms with Crippen molar-refractivity contribution in [3.63, 3.8) is 0 Å². The first-order valence-electron chi connectivity index (χ1n) is 11.7. The summed E-state index contributed by atoms with van der Waals surface area (Å²) in [5, 5.41) is 2.52. The molecule has 35 heavy (non-hydrogen) atoms. The lowest BCUT2D eigenvalue weighted by molar-refractivity contribution is -0.182. The summed E-state index contributed by atoms with van der Waals surface area (Å²) in [6, 6.07) is -1.87. The van der Waals surface area contributed by atoms with Gasteiger partial charge in [0.1, 0.15) is 17.2 Å². The van der Waals surface area contributed by atoms with Crippen molar-refractivity contribution in [2.45, 2.75) is 110 Å². The van der Waals surface area contributed by atoms with Gasteiger partial charge in [-0.15, -0.1) is 6.42 Å². The molecule has 2 amide bonds. The molecule has 0 aliphatic carbocycles. The van der Waals surface area contributed by atoms with Crippen molar-refractivity contribution in [1.29, 1.82) is 0 Å². The van der Waals surface area contributed by atoms with Gasteiger partial charge in [-0.05, 0) is 66.7 Å². The average Bonchev–Trinajstić information content (AvgIpc) is 3.08. The van der Waals surface area contributed by atoms with Gasteiger partial charge in [0, 0.05) is 20.1 Å². The molecule has 0 radical (unpaired) electrons. The number of hydrogen-bond donors (Lipinski definition) is 1. The van der Waals surface area contributed by atoms with Gasteiger partial charge in [-0.2, -0.15) is 0 Å². The molecular formula is C25H40N2O8. The Bertz CT molecular complexity index is 821. The summed E-state index contributed by atoms with van der Waals surface area (Å²) < 4.78 is 22.2. The average molecular weight is 497 g/mol. The van der Waals surface area contributed by atoms with Gasteiger partial charge in [-0.25, -0.2) is 9.59 Å². The van der Waals surface area contributed by atoms with Gasteiger partial charge in [0.25, 0.3) is 0 Å². The molecule has 0 saturated carbocycles. The lowest BCUT2D eigenvalue weighted by Crippen LogP contribution is -2.51. The van der Waals surface area contributed by atoms with Crippen molar-refractivity contribution < 1.29 is 38.1 Å². The van der Waals surface area contributed by atoms with Crippen molar-refractivity contribution in [2.75, 3.05) is 7.11 Å². The Hall–Kier alpha value is -2.64. The monoisotopic (exact) mass is 496 g/mol. The Morgan fingerprint density at radius 1 is 1.09 bits per heavy atom. The zero-order valence-corrected chi connectivity index (χ0v) is 22.3. The normalized spacial score (nSPS) is 22.1. The zero-order valence-electron chi connectivity index (χ0n) is 22.3. The van der Waals surface area contributed by atoms with Crippen molar-refractivity contribution in [2.24, 2.45) is 5.92 Å². The Morgan fingerprint density at radius 2 is 1.66 bits per heavy atom. The van der Waals surface area contributed by atoms with Crippen LogP contribution in [0.1, 0.15) is 74.7 Å². The number of likely N-dealkylation sites (tertiary alicyclic amines) is 1. The molecule has 0 aromatic carbocycles. The minimum Gasteiger partial charge on any atom is -0.458 e. The van der Waals surface area contributed by atoms with E-state index in [1.165, 1.54) is 18.9 Å². The fraction of sp³-hybridized carbons (Fsp3) is 0.760. The molecule has 1 heterocycles. The van der Waals surface area contributed by atoms with E-state index in [9.17, 15) is 19.2 Å². The number of ketones is 1. The summed E-state index contributed by atoms with van der Waals surface area (Å²) in [6.07, 6.45) is 3.70. The number of carbonyl (C=O) groups is 4. The van der Waals surface area contributed by atoms with Crippen LogP contribution in [0.25, 0.3) is 0 Å². The molecule has 5 atom stereocenters. The first kappa shape index (κ1) is 30.4. The molecule has 0 spiro atoms. The van der Waals surface area contributed by atoms with Crippen molar-refractivity contribution >= 4 is 23.8 Å². The van der Waals surface area contributed by atoms with Crippen LogP contribution in [-0.2, 0) is 33.3 Å². The van der Waals surface area contributed by atoms with Crippen molar-refractivity contribution in [3.8, 4) is 12.3 Å². The van der Waals surface area contributed by atoms with E-state index < -0.39 is 59.6 Å². The minimum absolute atomic E-state index is 0.00229. The van der Waals surface area contributed by atoms with Crippen LogP contribution in [0.3, 0.4) is 0 Å². The molecule has 1 rings (SSSR count). The quantitative estimate of drug-likeness (QED) is 0.224. The maximum absolute atomic E-state index is 13.3. The Balaban J connectivity index is 3.40. The molecular weight excluding hydrogens is 456 g/mol. The van der Waals surface area contributed by atoms with Crippen LogP contribution in [0.15, 0.2) is 0 Å². The SMILES string of the molecule is C#CC(=O)[C@@H]1C[C@H](C(=O)OC(C)(C)C)N(C(=O)OC(C)(C)C)[C@@H]1C[C@H](CC)OC(NC(C)=O)OC. The van der Waals surface area contributed by atoms with Crippen LogP contribution in [0.5, 0.6) is 0 Å². The molecule has 1 saturated heterocycles. The van der Waals surface area contributed by atoms with E-state index in [4.69, 9.17) is 25.4 Å². The molecule has 1 aliphatic heterocycles. The predicted octanol–water partition coefficient (Wildman–Crippen LogP) is 2.78. The second-order valence-corrected chi connectivity index (χ2v) is 10.5. The Kier molecular flexibility index (Phi) is 10.7. The van der Waals surface area contributed by atoms with Crippen LogP contribution >= 0.6 is 0 Å². The number of Topliss-reactive ketones (excluding diaryl/α,β-unsaturated/α-hetero) is 1. The first-order chi connectivity index (χ1) is 16.0. The third-order valence-corrected chi connectivity index (χ3v) is 5.21. The fourth-order valence-electron chi connectivity index (χ4n) is 3.84. The summed E-state index contributed by atoms with van der Waals surface area (Å²) in [5.41, 5.74) is -1.65. The van der Waals surface area contributed by atoms with Gasteiger partial charge < -0.3 is 24.3 Å². The number of rotatable bonds is 9. The first-order valence-corrected chi connectivity index (χ1v) is 11.7. The minimum atomic E-state index is -1.07. The van der Waals surface area contributed by atoms with Gasteiger partial charge in [0.2, 0.25) is 18.1 Å². The van der Waals surface area contributed by atoms with Crippen LogP contribution in [0.2, 0.25) is 0 Å². The number of nitrogens with zero attached hydrogens (tertiary/aromatic N) is 1. The van der Waals surface area contributed by atoms with Crippen LogP contribution in [0.4, 0.5) is 4.79 Å². The highest BCUT2D eigenvalue weighted by Gasteiger charge is 2.52. The van der Waals surface area contributed by atoms with Crippen LogP contribution in [-0.4, -0.2) is 71.6 Å². The van der Waals surface area contributed by atoms with Crippen LogP contribution in [0, 0.1) is 18.3 Å². The third-order valence-electron chi connectivity index (χ3n) is 5.21. The summed E-state index contributed by atoms with van der Waals surface area (Å²) in [5.74, 6) is -0.236. The van der Waals surface area contributed by atoms with E-state index in [0.717, 1.165) is 0 Å². The lowest BCUT2D eigenvalue weighted by atomic mass is 9.90. The molecule has 1 unspecified atom stereocenters. The number of ether oxygens (including phenoxy) is 4. The highest BCUT2D eigenvalue weighted by molar-refractivity contribution is 5.99. The van der Waals surface area contributed by atoms with E-state index in [-0.39, 0.29) is 18.7 Å². The predicted molar refractivity (Wildman–Crippen MR) is 128 cm³/mol. The van der Waals surface area contributed by atoms with Crippen molar-refractivity contribution in [1.82, 2.24) is 10.2 Å². The van der Waals surface area contributed by atoms with E-state index in [2.05, 4.69) is 11.2 Å². The van der Waals surface area contributed by atoms with Gasteiger partial charge in [-0.3, -0.25) is 14.5 Å². The van der Waals surface area contributed by atoms with Crippen LogP contribution < -0.4 is 5.32 Å². The molecule has 1 fully saturated rings. The molecule has 0 bridgehead atoms. The molecule has 10 nitrogen and oxygen atoms in total. The topological polar surface area (TPSA) is 120 Å². The second kappa shape index (κ2) is 12.4. The molecule has 1 aliphatic rings. The van der Waals surface area contributed by atoms with E-state index in [1.807, 2.05) is 6.92 Å². The summed E-state index contributed by atoms with van der Waals surface area (Å²) in [4.78, 5) is 51.9. The number of amides is 2. The number of hydrogen-bond acceptors (Lipinski definition) is 8. The molecule has 0 aromatic heterocycles. The number of terminal acetylenes is 1. The number of carbonyl (C=O) groups excluding carboxylic acids is 4. The molecule has 198 valence electrons. The fourth-order valence-corrected chi connectivity index (χ4v) is 3.84. The van der Waals surface area contributed by atoms with E-state index in [0.29, 0.717) is 6.42 Å². The number of methoxy groups -OCH3 is 1. The van der Waals surface area contributed by atoms with E-state index >= 15 is 0 Å². The summed E-state index contributed by atoms with van der Waals surface area (Å²) in [6.45, 7) is 13.4. The van der Waals surface area contributed by atoms with Gasteiger partial charge in [-0.1, -0.05) is 6.92 Å². The highest BCUT2D eigenvalue weighted by Crippen LogP contribution is 2.37. The lowest BCUT2D eigenvalue weighted by Gasteiger charge is -2.35. The standard InChI is InChI=1S/C25H40N2O8/c1-11-16(33-22(32-10)26-15(3)28)13-18-17(20(29)12-2)14-19(21(30)34-24(4,5)6)27(18)23(31)35-25(7,8)9/h2,16-19,22H,11,13-14H2,1,3-10H3,(H,26,28)/t16-,17+,18+,19+,22?/m0/s1. The summed E-state index contributed by atoms with van der Waals surface area (Å²) >= 11 is 0. The highest BCUT2D eigenvalue weighted by atomic mass is 16.7. The van der Waals surface area contributed by atoms with Crippen molar-refractivity contribution in [3.05, 3.63) is 0 Å². The smallest absolute Gasteiger partial charge is 0.411 e. The maximum Gasteiger partial charge on any atom is 0.411 e. The molecule has 0 aromatic rings. The number of esters is 1. The zero-order chi connectivity index (χ0) is 27.1. The van der Waals surface area contributed by atoms with Gasteiger partial charge in [0.15, 0.2) is 0 Å². The van der Waals surface area contributed by atoms with Gasteiger partial charge >= 0.3 is 12.1 Å². The number of nitrogens with one attached hydrogen (secondary N) is 1.